The summed E-state index contributed by atoms with van der Waals surface area (Å²) in [5.41, 5.74) is 0.0314. The van der Waals surface area contributed by atoms with Crippen LogP contribution in [0.2, 0.25) is 15.1 Å². The number of phenolic OH excluding ortho intramolecular Hbond substituents is 1. The molecule has 3 rings (SSSR count). The topological polar surface area (TPSA) is 89.7 Å². The zero-order valence-electron chi connectivity index (χ0n) is 13.9. The molecule has 0 fully saturated rings. The van der Waals surface area contributed by atoms with Gasteiger partial charge in [0.1, 0.15) is 11.5 Å². The predicted octanol–water partition coefficient (Wildman–Crippen LogP) is 6.28. The zero-order chi connectivity index (χ0) is 20.4. The number of hydrogen-bond donors (Lipinski definition) is 1. The Kier molecular flexibility index (Phi) is 5.74. The normalized spacial score (nSPS) is 10.5. The Morgan fingerprint density at radius 3 is 2.14 bits per heavy atom. The fraction of sp³-hybridized carbons (Fsp3) is 0. The standard InChI is InChI=1S/C19H10Cl3NO5/c20-11-3-1-10(2-4-11)18(25)14-9-13(5-6-17(14)24)28-19-15(21)7-12(23(26)27)8-16(19)22/h1-9,24H. The largest absolute Gasteiger partial charge is 0.507 e. The van der Waals surface area contributed by atoms with E-state index in [9.17, 15) is 20.0 Å². The van der Waals surface area contributed by atoms with Gasteiger partial charge in [-0.05, 0) is 42.5 Å². The molecule has 0 atom stereocenters. The molecule has 142 valence electrons. The van der Waals surface area contributed by atoms with E-state index in [1.54, 1.807) is 12.1 Å². The molecule has 0 saturated carbocycles. The number of carbonyl (C=O) groups is 1. The van der Waals surface area contributed by atoms with Gasteiger partial charge in [-0.15, -0.1) is 0 Å². The maximum absolute atomic E-state index is 12.7. The zero-order valence-corrected chi connectivity index (χ0v) is 16.1. The molecule has 9 heteroatoms. The Balaban J connectivity index is 1.95. The lowest BCUT2D eigenvalue weighted by Crippen LogP contribution is -2.02. The van der Waals surface area contributed by atoms with Gasteiger partial charge in [0.15, 0.2) is 11.5 Å². The lowest BCUT2D eigenvalue weighted by Gasteiger charge is -2.11. The van der Waals surface area contributed by atoms with Crippen LogP contribution in [0.1, 0.15) is 15.9 Å². The molecule has 0 radical (unpaired) electrons. The van der Waals surface area contributed by atoms with Crippen molar-refractivity contribution >= 4 is 46.3 Å². The number of ketones is 1. The Morgan fingerprint density at radius 2 is 1.57 bits per heavy atom. The highest BCUT2D eigenvalue weighted by Gasteiger charge is 2.19. The van der Waals surface area contributed by atoms with Gasteiger partial charge >= 0.3 is 0 Å². The molecule has 0 saturated heterocycles. The van der Waals surface area contributed by atoms with E-state index >= 15 is 0 Å². The lowest BCUT2D eigenvalue weighted by molar-refractivity contribution is -0.384. The smallest absolute Gasteiger partial charge is 0.272 e. The molecular formula is C19H10Cl3NO5. The van der Waals surface area contributed by atoms with Gasteiger partial charge in [-0.1, -0.05) is 34.8 Å². The quantitative estimate of drug-likeness (QED) is 0.287. The van der Waals surface area contributed by atoms with Crippen LogP contribution in [0.5, 0.6) is 17.2 Å². The number of halogens is 3. The van der Waals surface area contributed by atoms with Crippen molar-refractivity contribution in [1.82, 2.24) is 0 Å². The monoisotopic (exact) mass is 437 g/mol. The first-order valence-corrected chi connectivity index (χ1v) is 8.84. The van der Waals surface area contributed by atoms with E-state index in [1.165, 1.54) is 30.3 Å². The van der Waals surface area contributed by atoms with Crippen LogP contribution in [0.3, 0.4) is 0 Å². The lowest BCUT2D eigenvalue weighted by atomic mass is 10.0. The van der Waals surface area contributed by atoms with Gasteiger partial charge in [0.05, 0.1) is 20.5 Å². The fourth-order valence-corrected chi connectivity index (χ4v) is 3.06. The first-order valence-electron chi connectivity index (χ1n) is 7.71. The van der Waals surface area contributed by atoms with E-state index in [0.29, 0.717) is 10.6 Å². The van der Waals surface area contributed by atoms with E-state index in [1.807, 2.05) is 0 Å². The molecule has 6 nitrogen and oxygen atoms in total. The van der Waals surface area contributed by atoms with Gasteiger partial charge in [0, 0.05) is 22.7 Å². The summed E-state index contributed by atoms with van der Waals surface area (Å²) in [5, 5.41) is 21.3. The molecule has 1 N–H and O–H groups in total. The number of nitro groups is 1. The van der Waals surface area contributed by atoms with Crippen molar-refractivity contribution in [3.8, 4) is 17.2 Å². The van der Waals surface area contributed by atoms with Crippen molar-refractivity contribution in [3.05, 3.63) is 90.9 Å². The van der Waals surface area contributed by atoms with Crippen molar-refractivity contribution in [3.63, 3.8) is 0 Å². The predicted molar refractivity (Wildman–Crippen MR) is 106 cm³/mol. The highest BCUT2D eigenvalue weighted by molar-refractivity contribution is 6.37. The number of ether oxygens (including phenoxy) is 1. The van der Waals surface area contributed by atoms with Crippen LogP contribution < -0.4 is 4.74 Å². The van der Waals surface area contributed by atoms with Crippen LogP contribution in [0, 0.1) is 10.1 Å². The first kappa shape index (κ1) is 19.9. The second-order valence-corrected chi connectivity index (χ2v) is 6.86. The Bertz CT molecular complexity index is 1060. The molecule has 0 unspecified atom stereocenters. The van der Waals surface area contributed by atoms with Gasteiger partial charge in [-0.3, -0.25) is 14.9 Å². The molecule has 0 aliphatic rings. The second kappa shape index (κ2) is 8.06. The van der Waals surface area contributed by atoms with Crippen LogP contribution >= 0.6 is 34.8 Å². The van der Waals surface area contributed by atoms with E-state index in [4.69, 9.17) is 39.5 Å². The molecule has 3 aromatic carbocycles. The summed E-state index contributed by atoms with van der Waals surface area (Å²) >= 11 is 17.9. The van der Waals surface area contributed by atoms with Crippen LogP contribution in [-0.2, 0) is 0 Å². The van der Waals surface area contributed by atoms with Crippen LogP contribution in [-0.4, -0.2) is 15.8 Å². The Labute approximate surface area is 174 Å². The summed E-state index contributed by atoms with van der Waals surface area (Å²) in [6.07, 6.45) is 0. The average Bonchev–Trinajstić information content (AvgIpc) is 2.65. The summed E-state index contributed by atoms with van der Waals surface area (Å²) in [6, 6.07) is 12.4. The number of rotatable bonds is 5. The Morgan fingerprint density at radius 1 is 0.964 bits per heavy atom. The average molecular weight is 439 g/mol. The summed E-state index contributed by atoms with van der Waals surface area (Å²) in [5.74, 6) is -0.536. The number of aromatic hydroxyl groups is 1. The summed E-state index contributed by atoms with van der Waals surface area (Å²) < 4.78 is 5.60. The Hall–Kier alpha value is -2.80. The number of phenols is 1. The van der Waals surface area contributed by atoms with Gasteiger partial charge < -0.3 is 9.84 Å². The molecule has 28 heavy (non-hydrogen) atoms. The molecule has 0 aliphatic carbocycles. The summed E-state index contributed by atoms with van der Waals surface area (Å²) in [7, 11) is 0. The highest BCUT2D eigenvalue weighted by atomic mass is 35.5. The molecule has 0 amide bonds. The van der Waals surface area contributed by atoms with Crippen molar-refractivity contribution in [2.24, 2.45) is 0 Å². The van der Waals surface area contributed by atoms with Crippen molar-refractivity contribution in [2.75, 3.05) is 0 Å². The third-order valence-corrected chi connectivity index (χ3v) is 4.55. The maximum Gasteiger partial charge on any atom is 0.272 e. The van der Waals surface area contributed by atoms with Gasteiger partial charge in [0.2, 0.25) is 0 Å². The second-order valence-electron chi connectivity index (χ2n) is 5.61. The molecule has 3 aromatic rings. The van der Waals surface area contributed by atoms with E-state index in [0.717, 1.165) is 12.1 Å². The molecule has 0 aromatic heterocycles. The third-order valence-electron chi connectivity index (χ3n) is 3.73. The van der Waals surface area contributed by atoms with Gasteiger partial charge in [-0.2, -0.15) is 0 Å². The van der Waals surface area contributed by atoms with Crippen molar-refractivity contribution < 1.29 is 19.6 Å². The van der Waals surface area contributed by atoms with Gasteiger partial charge in [0.25, 0.3) is 5.69 Å². The highest BCUT2D eigenvalue weighted by Crippen LogP contribution is 2.40. The number of non-ortho nitro benzene ring substituents is 1. The minimum Gasteiger partial charge on any atom is -0.507 e. The summed E-state index contributed by atoms with van der Waals surface area (Å²) in [4.78, 5) is 22.9. The number of nitrogens with zero attached hydrogens (tertiary/aromatic N) is 1. The molecule has 0 bridgehead atoms. The number of carbonyl (C=O) groups excluding carboxylic acids is 1. The first-order chi connectivity index (χ1) is 13.3. The van der Waals surface area contributed by atoms with E-state index in [2.05, 4.69) is 0 Å². The molecular weight excluding hydrogens is 429 g/mol. The fourth-order valence-electron chi connectivity index (χ4n) is 2.38. The minimum absolute atomic E-state index is 0.00557. The maximum atomic E-state index is 12.7. The summed E-state index contributed by atoms with van der Waals surface area (Å²) in [6.45, 7) is 0. The van der Waals surface area contributed by atoms with Gasteiger partial charge in [-0.25, -0.2) is 0 Å². The van der Waals surface area contributed by atoms with E-state index < -0.39 is 10.7 Å². The molecule has 0 heterocycles. The number of hydrogen-bond acceptors (Lipinski definition) is 5. The SMILES string of the molecule is O=C(c1ccc(Cl)cc1)c1cc(Oc2c(Cl)cc([N+](=O)[O-])cc2Cl)ccc1O. The number of benzene rings is 3. The van der Waals surface area contributed by atoms with Crippen LogP contribution in [0.4, 0.5) is 5.69 Å². The molecule has 0 aliphatic heterocycles. The number of nitro benzene ring substituents is 1. The van der Waals surface area contributed by atoms with Crippen LogP contribution in [0.25, 0.3) is 0 Å². The molecule has 0 spiro atoms. The van der Waals surface area contributed by atoms with E-state index in [-0.39, 0.29) is 38.5 Å². The minimum atomic E-state index is -0.634. The van der Waals surface area contributed by atoms with Crippen molar-refractivity contribution in [1.29, 1.82) is 0 Å². The van der Waals surface area contributed by atoms with Crippen molar-refractivity contribution in [2.45, 2.75) is 0 Å². The van der Waals surface area contributed by atoms with Crippen LogP contribution in [0.15, 0.2) is 54.6 Å². The third kappa shape index (κ3) is 4.20.